The molecule has 1 heterocycles. The highest BCUT2D eigenvalue weighted by atomic mass is 16.5. The molecule has 0 aliphatic carbocycles. The molecule has 0 aliphatic rings. The minimum Gasteiger partial charge on any atom is -0.493 e. The van der Waals surface area contributed by atoms with E-state index in [0.29, 0.717) is 23.2 Å². The summed E-state index contributed by atoms with van der Waals surface area (Å²) in [6.07, 6.45) is 3.20. The summed E-state index contributed by atoms with van der Waals surface area (Å²) in [5.74, 6) is 1.92. The summed E-state index contributed by atoms with van der Waals surface area (Å²) in [6.45, 7) is 2.23. The van der Waals surface area contributed by atoms with Crippen molar-refractivity contribution < 1.29 is 18.8 Å². The Bertz CT molecular complexity index is 1010. The number of likely N-dealkylation sites (N-methyl/N-ethyl adjacent to an activating group) is 1. The van der Waals surface area contributed by atoms with Crippen molar-refractivity contribution in [3.8, 4) is 22.9 Å². The molecule has 1 aromatic heterocycles. The summed E-state index contributed by atoms with van der Waals surface area (Å²) in [6, 6.07) is 13.3. The van der Waals surface area contributed by atoms with Crippen molar-refractivity contribution in [2.45, 2.75) is 13.5 Å². The fraction of sp³-hybridized carbons (Fsp3) is 0.227. The lowest BCUT2D eigenvalue weighted by molar-refractivity contribution is -0.125. The number of aromatic nitrogens is 2. The predicted molar refractivity (Wildman–Crippen MR) is 110 cm³/mol. The van der Waals surface area contributed by atoms with E-state index in [0.717, 1.165) is 16.7 Å². The first-order valence-electron chi connectivity index (χ1n) is 9.05. The molecule has 3 aromatic rings. The van der Waals surface area contributed by atoms with Crippen LogP contribution in [0.2, 0.25) is 0 Å². The zero-order valence-corrected chi connectivity index (χ0v) is 16.9. The normalized spacial score (nSPS) is 10.9. The van der Waals surface area contributed by atoms with Gasteiger partial charge in [-0.05, 0) is 30.7 Å². The number of carbonyl (C=O) groups is 1. The molecule has 0 saturated carbocycles. The molecule has 29 heavy (non-hydrogen) atoms. The van der Waals surface area contributed by atoms with Crippen molar-refractivity contribution in [3.05, 3.63) is 65.6 Å². The molecule has 0 saturated heterocycles. The Morgan fingerprint density at radius 3 is 2.52 bits per heavy atom. The predicted octanol–water partition coefficient (Wildman–Crippen LogP) is 3.73. The van der Waals surface area contributed by atoms with E-state index >= 15 is 0 Å². The number of ether oxygens (including phenoxy) is 2. The van der Waals surface area contributed by atoms with Gasteiger partial charge in [0.1, 0.15) is 0 Å². The van der Waals surface area contributed by atoms with E-state index in [1.807, 2.05) is 37.3 Å². The second kappa shape index (κ2) is 9.05. The molecular weight excluding hydrogens is 370 g/mol. The van der Waals surface area contributed by atoms with E-state index in [1.165, 1.54) is 11.0 Å². The number of hydrogen-bond acceptors (Lipinski definition) is 6. The number of aryl methyl sites for hydroxylation is 1. The van der Waals surface area contributed by atoms with Crippen molar-refractivity contribution >= 4 is 12.0 Å². The van der Waals surface area contributed by atoms with Crippen LogP contribution in [0.1, 0.15) is 17.0 Å². The molecule has 0 radical (unpaired) electrons. The molecule has 7 heteroatoms. The summed E-state index contributed by atoms with van der Waals surface area (Å²) < 4.78 is 15.8. The van der Waals surface area contributed by atoms with Crippen LogP contribution in [0.3, 0.4) is 0 Å². The van der Waals surface area contributed by atoms with Crippen LogP contribution in [0.4, 0.5) is 0 Å². The fourth-order valence-corrected chi connectivity index (χ4v) is 2.67. The van der Waals surface area contributed by atoms with Crippen LogP contribution >= 0.6 is 0 Å². The number of hydrogen-bond donors (Lipinski definition) is 0. The first-order valence-corrected chi connectivity index (χ1v) is 9.05. The molecule has 0 bridgehead atoms. The van der Waals surface area contributed by atoms with Crippen LogP contribution < -0.4 is 9.47 Å². The highest BCUT2D eigenvalue weighted by molar-refractivity contribution is 5.91. The summed E-state index contributed by atoms with van der Waals surface area (Å²) >= 11 is 0. The van der Waals surface area contributed by atoms with Gasteiger partial charge in [-0.3, -0.25) is 4.79 Å². The summed E-state index contributed by atoms with van der Waals surface area (Å²) in [5, 5.41) is 3.99. The zero-order valence-electron chi connectivity index (χ0n) is 16.9. The van der Waals surface area contributed by atoms with Crippen molar-refractivity contribution in [1.29, 1.82) is 0 Å². The standard InChI is InChI=1S/C22H23N3O4/c1-15-5-9-17(10-6-15)22-23-20(29-24-22)14-25(2)21(26)12-8-16-7-11-18(27-3)19(13-16)28-4/h5-13H,14H2,1-4H3. The maximum atomic E-state index is 12.4. The molecule has 0 atom stereocenters. The fourth-order valence-electron chi connectivity index (χ4n) is 2.67. The Labute approximate surface area is 169 Å². The quantitative estimate of drug-likeness (QED) is 0.569. The molecule has 0 fully saturated rings. The third-order valence-electron chi connectivity index (χ3n) is 4.35. The van der Waals surface area contributed by atoms with Gasteiger partial charge in [0, 0.05) is 18.7 Å². The van der Waals surface area contributed by atoms with Gasteiger partial charge in [-0.2, -0.15) is 4.98 Å². The Kier molecular flexibility index (Phi) is 6.29. The number of carbonyl (C=O) groups excluding carboxylic acids is 1. The molecule has 150 valence electrons. The third-order valence-corrected chi connectivity index (χ3v) is 4.35. The summed E-state index contributed by atoms with van der Waals surface area (Å²) in [4.78, 5) is 18.3. The minimum atomic E-state index is -0.185. The molecule has 0 spiro atoms. The van der Waals surface area contributed by atoms with E-state index < -0.39 is 0 Å². The molecule has 0 N–H and O–H groups in total. The van der Waals surface area contributed by atoms with Crippen LogP contribution in [0.25, 0.3) is 17.5 Å². The second-order valence-electron chi connectivity index (χ2n) is 6.52. The maximum Gasteiger partial charge on any atom is 0.246 e. The molecule has 3 rings (SSSR count). The van der Waals surface area contributed by atoms with Crippen LogP contribution in [0, 0.1) is 6.92 Å². The first kappa shape index (κ1) is 20.1. The molecule has 1 amide bonds. The second-order valence-corrected chi connectivity index (χ2v) is 6.52. The summed E-state index contributed by atoms with van der Waals surface area (Å²) in [5.41, 5.74) is 2.85. The lowest BCUT2D eigenvalue weighted by atomic mass is 10.1. The molecule has 2 aromatic carbocycles. The van der Waals surface area contributed by atoms with Gasteiger partial charge in [0.25, 0.3) is 0 Å². The Balaban J connectivity index is 1.63. The van der Waals surface area contributed by atoms with Gasteiger partial charge < -0.3 is 18.9 Å². The summed E-state index contributed by atoms with van der Waals surface area (Å²) in [7, 11) is 4.82. The van der Waals surface area contributed by atoms with E-state index in [2.05, 4.69) is 10.1 Å². The Morgan fingerprint density at radius 2 is 1.83 bits per heavy atom. The van der Waals surface area contributed by atoms with Gasteiger partial charge >= 0.3 is 0 Å². The average molecular weight is 393 g/mol. The van der Waals surface area contributed by atoms with Gasteiger partial charge in [-0.1, -0.05) is 41.1 Å². The van der Waals surface area contributed by atoms with E-state index in [-0.39, 0.29) is 12.5 Å². The topological polar surface area (TPSA) is 77.7 Å². The largest absolute Gasteiger partial charge is 0.493 e. The molecular formula is C22H23N3O4. The highest BCUT2D eigenvalue weighted by Gasteiger charge is 2.13. The Hall–Kier alpha value is -3.61. The minimum absolute atomic E-state index is 0.185. The van der Waals surface area contributed by atoms with Gasteiger partial charge in [0.05, 0.1) is 20.8 Å². The van der Waals surface area contributed by atoms with Crippen LogP contribution in [0.15, 0.2) is 53.1 Å². The van der Waals surface area contributed by atoms with Crippen LogP contribution in [-0.4, -0.2) is 42.2 Å². The third kappa shape index (κ3) is 5.01. The number of benzene rings is 2. The number of amides is 1. The first-order chi connectivity index (χ1) is 14.0. The SMILES string of the molecule is COc1ccc(C=CC(=O)N(C)Cc2nc(-c3ccc(C)cc3)no2)cc1OC. The van der Waals surface area contributed by atoms with Crippen molar-refractivity contribution in [2.24, 2.45) is 0 Å². The van der Waals surface area contributed by atoms with E-state index in [4.69, 9.17) is 14.0 Å². The monoisotopic (exact) mass is 393 g/mol. The lowest BCUT2D eigenvalue weighted by Crippen LogP contribution is -2.24. The van der Waals surface area contributed by atoms with E-state index in [1.54, 1.807) is 39.5 Å². The van der Waals surface area contributed by atoms with Gasteiger partial charge in [0.2, 0.25) is 17.6 Å². The maximum absolute atomic E-state index is 12.4. The van der Waals surface area contributed by atoms with Crippen LogP contribution in [0.5, 0.6) is 11.5 Å². The smallest absolute Gasteiger partial charge is 0.246 e. The van der Waals surface area contributed by atoms with Crippen molar-refractivity contribution in [2.75, 3.05) is 21.3 Å². The van der Waals surface area contributed by atoms with Crippen molar-refractivity contribution in [1.82, 2.24) is 15.0 Å². The number of rotatable bonds is 7. The van der Waals surface area contributed by atoms with Gasteiger partial charge in [-0.25, -0.2) is 0 Å². The molecule has 7 nitrogen and oxygen atoms in total. The number of nitrogens with zero attached hydrogens (tertiary/aromatic N) is 3. The zero-order chi connectivity index (χ0) is 20.8. The number of methoxy groups -OCH3 is 2. The highest BCUT2D eigenvalue weighted by Crippen LogP contribution is 2.28. The molecule has 0 unspecified atom stereocenters. The van der Waals surface area contributed by atoms with E-state index in [9.17, 15) is 4.79 Å². The Morgan fingerprint density at radius 1 is 1.10 bits per heavy atom. The van der Waals surface area contributed by atoms with Gasteiger partial charge in [-0.15, -0.1) is 0 Å². The van der Waals surface area contributed by atoms with Gasteiger partial charge in [0.15, 0.2) is 11.5 Å². The van der Waals surface area contributed by atoms with Crippen molar-refractivity contribution in [3.63, 3.8) is 0 Å². The average Bonchev–Trinajstić information content (AvgIpc) is 3.20. The lowest BCUT2D eigenvalue weighted by Gasteiger charge is -2.12. The van der Waals surface area contributed by atoms with Crippen LogP contribution in [-0.2, 0) is 11.3 Å². The molecule has 0 aliphatic heterocycles.